The largest absolute Gasteiger partial charge is 0.374 e. The molecule has 4 heteroatoms. The third kappa shape index (κ3) is 3.23. The van der Waals surface area contributed by atoms with Crippen LogP contribution in [0.15, 0.2) is 43.0 Å². The smallest absolute Gasteiger partial charge is 0.227 e. The lowest BCUT2D eigenvalue weighted by molar-refractivity contribution is -0.134. The van der Waals surface area contributed by atoms with Crippen LogP contribution in [-0.4, -0.2) is 48.8 Å². The highest BCUT2D eigenvalue weighted by Crippen LogP contribution is 2.32. The lowest BCUT2D eigenvalue weighted by atomic mass is 10.1. The molecule has 1 heterocycles. The lowest BCUT2D eigenvalue weighted by Crippen LogP contribution is -2.47. The van der Waals surface area contributed by atoms with Gasteiger partial charge < -0.3 is 14.4 Å². The van der Waals surface area contributed by atoms with Gasteiger partial charge >= 0.3 is 0 Å². The number of hydrogen-bond donors (Lipinski definition) is 0. The third-order valence-electron chi connectivity index (χ3n) is 4.48. The highest BCUT2D eigenvalue weighted by molar-refractivity contribution is 5.79. The molecule has 2 aliphatic rings. The van der Waals surface area contributed by atoms with Gasteiger partial charge in [0.05, 0.1) is 31.8 Å². The summed E-state index contributed by atoms with van der Waals surface area (Å²) in [6.45, 7) is 5.45. The Morgan fingerprint density at radius 3 is 2.95 bits per heavy atom. The molecule has 22 heavy (non-hydrogen) atoms. The van der Waals surface area contributed by atoms with E-state index in [0.717, 1.165) is 18.4 Å². The maximum absolute atomic E-state index is 12.7. The van der Waals surface area contributed by atoms with Gasteiger partial charge in [0.15, 0.2) is 0 Å². The lowest BCUT2D eigenvalue weighted by Gasteiger charge is -2.31. The summed E-state index contributed by atoms with van der Waals surface area (Å²) in [4.78, 5) is 14.7. The number of ether oxygens (including phenoxy) is 2. The number of carbonyl (C=O) groups excluding carboxylic acids is 1. The zero-order valence-electron chi connectivity index (χ0n) is 12.8. The molecule has 4 nitrogen and oxygen atoms in total. The molecule has 1 amide bonds. The van der Waals surface area contributed by atoms with Crippen LogP contribution in [0.4, 0.5) is 0 Å². The Hall–Kier alpha value is -1.65. The fraction of sp³-hybridized carbons (Fsp3) is 0.500. The molecule has 2 fully saturated rings. The summed E-state index contributed by atoms with van der Waals surface area (Å²) in [5, 5.41) is 0. The summed E-state index contributed by atoms with van der Waals surface area (Å²) in [5.41, 5.74) is 1.05. The minimum atomic E-state index is -0.0276. The summed E-state index contributed by atoms with van der Waals surface area (Å²) in [6, 6.07) is 10.0. The first-order valence-corrected chi connectivity index (χ1v) is 7.97. The van der Waals surface area contributed by atoms with Gasteiger partial charge in [-0.25, -0.2) is 0 Å². The van der Waals surface area contributed by atoms with Crippen molar-refractivity contribution >= 4 is 5.91 Å². The average molecular weight is 301 g/mol. The van der Waals surface area contributed by atoms with E-state index < -0.39 is 0 Å². The monoisotopic (exact) mass is 301 g/mol. The Morgan fingerprint density at radius 1 is 1.36 bits per heavy atom. The fourth-order valence-electron chi connectivity index (χ4n) is 3.47. The second kappa shape index (κ2) is 7.07. The quantitative estimate of drug-likeness (QED) is 0.783. The SMILES string of the molecule is C=CCO[C@H]1[C@H]2CC[C@H]1OCCN2C(=O)Cc1ccccc1. The maximum Gasteiger partial charge on any atom is 0.227 e. The van der Waals surface area contributed by atoms with Gasteiger partial charge in [0, 0.05) is 6.54 Å². The van der Waals surface area contributed by atoms with Gasteiger partial charge in [-0.05, 0) is 18.4 Å². The van der Waals surface area contributed by atoms with Gasteiger partial charge in [-0.1, -0.05) is 36.4 Å². The second-order valence-electron chi connectivity index (χ2n) is 5.89. The zero-order chi connectivity index (χ0) is 15.4. The van der Waals surface area contributed by atoms with Crippen molar-refractivity contribution in [3.8, 4) is 0 Å². The minimum Gasteiger partial charge on any atom is -0.374 e. The maximum atomic E-state index is 12.7. The molecule has 0 radical (unpaired) electrons. The van der Waals surface area contributed by atoms with Crippen LogP contribution in [0.5, 0.6) is 0 Å². The Labute approximate surface area is 131 Å². The Bertz CT molecular complexity index is 516. The predicted molar refractivity (Wildman–Crippen MR) is 84.6 cm³/mol. The topological polar surface area (TPSA) is 38.8 Å². The molecule has 118 valence electrons. The molecule has 1 aromatic rings. The highest BCUT2D eigenvalue weighted by atomic mass is 16.5. The molecule has 1 saturated heterocycles. The van der Waals surface area contributed by atoms with E-state index in [1.165, 1.54) is 0 Å². The molecule has 1 aliphatic carbocycles. The van der Waals surface area contributed by atoms with Gasteiger partial charge in [-0.15, -0.1) is 6.58 Å². The molecule has 0 spiro atoms. The molecule has 0 unspecified atom stereocenters. The van der Waals surface area contributed by atoms with Crippen LogP contribution >= 0.6 is 0 Å². The van der Waals surface area contributed by atoms with Crippen LogP contribution in [0.3, 0.4) is 0 Å². The summed E-state index contributed by atoms with van der Waals surface area (Å²) >= 11 is 0. The van der Waals surface area contributed by atoms with Gasteiger partial charge in [0.25, 0.3) is 0 Å². The van der Waals surface area contributed by atoms with Gasteiger partial charge in [-0.3, -0.25) is 4.79 Å². The number of amides is 1. The van der Waals surface area contributed by atoms with Crippen molar-refractivity contribution in [1.29, 1.82) is 0 Å². The van der Waals surface area contributed by atoms with Gasteiger partial charge in [0.1, 0.15) is 6.10 Å². The number of rotatable bonds is 5. The van der Waals surface area contributed by atoms with Crippen molar-refractivity contribution in [3.63, 3.8) is 0 Å². The van der Waals surface area contributed by atoms with Crippen LogP contribution in [-0.2, 0) is 20.7 Å². The first-order valence-electron chi connectivity index (χ1n) is 7.97. The molecule has 0 N–H and O–H groups in total. The highest BCUT2D eigenvalue weighted by Gasteiger charge is 2.44. The van der Waals surface area contributed by atoms with E-state index in [1.807, 2.05) is 35.2 Å². The Balaban J connectivity index is 1.71. The summed E-state index contributed by atoms with van der Waals surface area (Å²) in [6.07, 6.45) is 4.19. The van der Waals surface area contributed by atoms with Gasteiger partial charge in [0.2, 0.25) is 5.91 Å². The summed E-state index contributed by atoms with van der Waals surface area (Å²) < 4.78 is 11.8. The van der Waals surface area contributed by atoms with Crippen molar-refractivity contribution < 1.29 is 14.3 Å². The molecule has 3 rings (SSSR count). The number of fused-ring (bicyclic) bond motifs is 2. The molecular formula is C18H23NO3. The van der Waals surface area contributed by atoms with E-state index in [2.05, 4.69) is 6.58 Å². The second-order valence-corrected chi connectivity index (χ2v) is 5.89. The van der Waals surface area contributed by atoms with E-state index in [1.54, 1.807) is 6.08 Å². The number of benzene rings is 1. The van der Waals surface area contributed by atoms with E-state index in [9.17, 15) is 4.79 Å². The van der Waals surface area contributed by atoms with E-state index in [0.29, 0.717) is 26.2 Å². The fourth-order valence-corrected chi connectivity index (χ4v) is 3.47. The third-order valence-corrected chi connectivity index (χ3v) is 4.48. The Kier molecular flexibility index (Phi) is 4.90. The predicted octanol–water partition coefficient (Wildman–Crippen LogP) is 2.19. The average Bonchev–Trinajstić information content (AvgIpc) is 2.81. The number of carbonyl (C=O) groups is 1. The summed E-state index contributed by atoms with van der Waals surface area (Å²) in [7, 11) is 0. The first-order chi connectivity index (χ1) is 10.8. The number of hydrogen-bond acceptors (Lipinski definition) is 3. The molecule has 1 aliphatic heterocycles. The van der Waals surface area contributed by atoms with Crippen molar-refractivity contribution in [1.82, 2.24) is 4.90 Å². The normalized spacial score (nSPS) is 27.5. The first kappa shape index (κ1) is 15.3. The molecule has 1 aromatic carbocycles. The molecular weight excluding hydrogens is 278 g/mol. The van der Waals surface area contributed by atoms with Crippen LogP contribution in [0, 0.1) is 0 Å². The van der Waals surface area contributed by atoms with Crippen molar-refractivity contribution in [3.05, 3.63) is 48.6 Å². The molecule has 1 saturated carbocycles. The molecule has 0 aromatic heterocycles. The van der Waals surface area contributed by atoms with E-state index in [-0.39, 0.29) is 24.2 Å². The van der Waals surface area contributed by atoms with Gasteiger partial charge in [-0.2, -0.15) is 0 Å². The van der Waals surface area contributed by atoms with Crippen molar-refractivity contribution in [2.75, 3.05) is 19.8 Å². The zero-order valence-corrected chi connectivity index (χ0v) is 12.8. The molecule has 2 bridgehead atoms. The van der Waals surface area contributed by atoms with Crippen molar-refractivity contribution in [2.24, 2.45) is 0 Å². The van der Waals surface area contributed by atoms with E-state index in [4.69, 9.17) is 9.47 Å². The Morgan fingerprint density at radius 2 is 2.18 bits per heavy atom. The van der Waals surface area contributed by atoms with Crippen LogP contribution < -0.4 is 0 Å². The standard InChI is InChI=1S/C18H23NO3/c1-2-11-22-18-15-8-9-16(18)21-12-10-19(15)17(20)13-14-6-4-3-5-7-14/h2-7,15-16,18H,1,8-13H2/t15-,16-,18+/m1/s1. The van der Waals surface area contributed by atoms with Crippen molar-refractivity contribution in [2.45, 2.75) is 37.5 Å². The number of nitrogens with zero attached hydrogens (tertiary/aromatic N) is 1. The van der Waals surface area contributed by atoms with E-state index >= 15 is 0 Å². The van der Waals surface area contributed by atoms with Crippen LogP contribution in [0.25, 0.3) is 0 Å². The molecule has 3 atom stereocenters. The van der Waals surface area contributed by atoms with Crippen LogP contribution in [0.2, 0.25) is 0 Å². The van der Waals surface area contributed by atoms with Crippen LogP contribution in [0.1, 0.15) is 18.4 Å². The summed E-state index contributed by atoms with van der Waals surface area (Å²) in [5.74, 6) is 0.162. The minimum absolute atomic E-state index is 0.0276.